The van der Waals surface area contributed by atoms with Gasteiger partial charge in [0.25, 0.3) is 5.69 Å². The van der Waals surface area contributed by atoms with Gasteiger partial charge in [0.05, 0.1) is 23.7 Å². The van der Waals surface area contributed by atoms with E-state index in [0.717, 1.165) is 0 Å². The molecule has 9 heteroatoms. The number of nitriles is 2. The predicted octanol–water partition coefficient (Wildman–Crippen LogP) is 1.50. The van der Waals surface area contributed by atoms with Gasteiger partial charge in [-0.25, -0.2) is 4.99 Å². The second-order valence-corrected chi connectivity index (χ2v) is 7.15. The van der Waals surface area contributed by atoms with Gasteiger partial charge in [0.1, 0.15) is 11.3 Å². The second kappa shape index (κ2) is 4.47. The van der Waals surface area contributed by atoms with Crippen LogP contribution in [0.15, 0.2) is 29.3 Å². The number of fused-ring (bicyclic) bond motifs is 2. The van der Waals surface area contributed by atoms with Crippen molar-refractivity contribution < 1.29 is 9.66 Å². The molecule has 120 valence electrons. The summed E-state index contributed by atoms with van der Waals surface area (Å²) < 4.78 is 5.77. The van der Waals surface area contributed by atoms with E-state index in [9.17, 15) is 20.6 Å². The molecule has 4 rings (SSSR count). The van der Waals surface area contributed by atoms with Crippen molar-refractivity contribution >= 4 is 23.3 Å². The van der Waals surface area contributed by atoms with Crippen LogP contribution in [0.1, 0.15) is 11.5 Å². The van der Waals surface area contributed by atoms with E-state index in [0.29, 0.717) is 17.9 Å². The van der Waals surface area contributed by atoms with Crippen molar-refractivity contribution in [2.75, 3.05) is 12.4 Å². The van der Waals surface area contributed by atoms with Gasteiger partial charge in [-0.3, -0.25) is 10.1 Å². The highest BCUT2D eigenvalue weighted by molar-refractivity contribution is 8.00. The number of hydrogen-bond acceptors (Lipinski definition) is 8. The van der Waals surface area contributed by atoms with Gasteiger partial charge < -0.3 is 10.5 Å². The Balaban J connectivity index is 1.86. The van der Waals surface area contributed by atoms with Crippen molar-refractivity contribution in [1.29, 1.82) is 10.5 Å². The van der Waals surface area contributed by atoms with Crippen LogP contribution < -0.4 is 5.73 Å². The Bertz CT molecular complexity index is 865. The zero-order chi connectivity index (χ0) is 17.2. The molecule has 2 fully saturated rings. The molecule has 0 unspecified atom stereocenters. The Labute approximate surface area is 141 Å². The van der Waals surface area contributed by atoms with Crippen molar-refractivity contribution in [3.8, 4) is 12.1 Å². The zero-order valence-electron chi connectivity index (χ0n) is 12.3. The summed E-state index contributed by atoms with van der Waals surface area (Å²) in [6, 6.07) is 10.3. The van der Waals surface area contributed by atoms with Crippen LogP contribution in [0.25, 0.3) is 0 Å². The van der Waals surface area contributed by atoms with E-state index in [4.69, 9.17) is 10.5 Å². The Morgan fingerprint density at radius 1 is 1.38 bits per heavy atom. The van der Waals surface area contributed by atoms with E-state index < -0.39 is 26.7 Å². The maximum Gasteiger partial charge on any atom is 0.269 e. The summed E-state index contributed by atoms with van der Waals surface area (Å²) in [5, 5.41) is 29.4. The van der Waals surface area contributed by atoms with Crippen LogP contribution in [0.5, 0.6) is 0 Å². The third-order valence-electron chi connectivity index (χ3n) is 5.04. The first-order valence-electron chi connectivity index (χ1n) is 7.19. The molecule has 4 atom stereocenters. The normalized spacial score (nSPS) is 38.9. The number of non-ortho nitro benzene ring substituents is 1. The first-order chi connectivity index (χ1) is 11.5. The monoisotopic (exact) mass is 341 g/mol. The number of benzene rings is 1. The lowest BCUT2D eigenvalue weighted by Gasteiger charge is -2.26. The van der Waals surface area contributed by atoms with Gasteiger partial charge in [-0.05, 0) is 5.56 Å². The van der Waals surface area contributed by atoms with Crippen LogP contribution in [0, 0.1) is 43.6 Å². The summed E-state index contributed by atoms with van der Waals surface area (Å²) in [5.41, 5.74) is 4.19. The maximum absolute atomic E-state index is 10.8. The van der Waals surface area contributed by atoms with Crippen LogP contribution in [0.2, 0.25) is 0 Å². The molecule has 0 radical (unpaired) electrons. The number of nitrogens with zero attached hydrogens (tertiary/aromatic N) is 4. The largest absolute Gasteiger partial charge is 0.386 e. The minimum Gasteiger partial charge on any atom is -0.386 e. The highest BCUT2D eigenvalue weighted by Gasteiger charge is 2.93. The molecule has 1 saturated heterocycles. The smallest absolute Gasteiger partial charge is 0.269 e. The molecule has 2 N–H and O–H groups in total. The molecule has 1 aromatic rings. The minimum absolute atomic E-state index is 0.0515. The standard InChI is InChI=1S/C15H11N5O3S/c16-7-13-11(9-1-3-10(4-2-9)20(21)22)14(13,8-17)15(19-12(13)18)23-5-6-24-15/h1-4,11H,5-6H2,(H2,18,19)/t11-,13+,14+,15+/m0/s1. The molecule has 1 spiro atoms. The van der Waals surface area contributed by atoms with Crippen LogP contribution in [0.3, 0.4) is 0 Å². The van der Waals surface area contributed by atoms with Crippen molar-refractivity contribution in [1.82, 2.24) is 0 Å². The molecule has 2 aliphatic heterocycles. The number of rotatable bonds is 2. The second-order valence-electron chi connectivity index (χ2n) is 5.90. The first kappa shape index (κ1) is 14.9. The number of thioether (sulfide) groups is 1. The van der Waals surface area contributed by atoms with Gasteiger partial charge in [0.15, 0.2) is 5.41 Å². The average molecular weight is 341 g/mol. The molecule has 3 aliphatic rings. The average Bonchev–Trinajstić information content (AvgIpc) is 2.84. The highest BCUT2D eigenvalue weighted by Crippen LogP contribution is 2.84. The lowest BCUT2D eigenvalue weighted by Crippen LogP contribution is -2.34. The van der Waals surface area contributed by atoms with Gasteiger partial charge >= 0.3 is 0 Å². The third-order valence-corrected chi connectivity index (χ3v) is 6.34. The summed E-state index contributed by atoms with van der Waals surface area (Å²) in [7, 11) is 0. The number of hydrogen-bond donors (Lipinski definition) is 1. The summed E-state index contributed by atoms with van der Waals surface area (Å²) in [4.78, 5) is 14.7. The molecule has 0 bridgehead atoms. The quantitative estimate of drug-likeness (QED) is 0.635. The summed E-state index contributed by atoms with van der Waals surface area (Å²) >= 11 is 1.38. The molecule has 0 amide bonds. The zero-order valence-corrected chi connectivity index (χ0v) is 13.1. The molecule has 2 heterocycles. The van der Waals surface area contributed by atoms with E-state index in [1.165, 1.54) is 23.9 Å². The van der Waals surface area contributed by atoms with Gasteiger partial charge in [-0.15, -0.1) is 0 Å². The summed E-state index contributed by atoms with van der Waals surface area (Å²) in [5.74, 6) is 0.238. The number of nitro groups is 1. The van der Waals surface area contributed by atoms with E-state index in [-0.39, 0.29) is 11.5 Å². The molecular weight excluding hydrogens is 330 g/mol. The Hall–Kier alpha value is -2.62. The Kier molecular flexibility index (Phi) is 2.78. The minimum atomic E-state index is -1.25. The number of aliphatic imine (C=N–C) groups is 1. The van der Waals surface area contributed by atoms with E-state index in [1.807, 2.05) is 0 Å². The first-order valence-corrected chi connectivity index (χ1v) is 8.18. The molecule has 1 saturated carbocycles. The van der Waals surface area contributed by atoms with E-state index >= 15 is 0 Å². The van der Waals surface area contributed by atoms with Gasteiger partial charge in [-0.2, -0.15) is 10.5 Å². The lowest BCUT2D eigenvalue weighted by molar-refractivity contribution is -0.384. The maximum atomic E-state index is 10.8. The number of nitro benzene ring substituents is 1. The van der Waals surface area contributed by atoms with Crippen LogP contribution >= 0.6 is 11.8 Å². The van der Waals surface area contributed by atoms with Crippen molar-refractivity contribution in [3.63, 3.8) is 0 Å². The number of nitrogens with two attached hydrogens (primary N) is 1. The molecule has 1 aliphatic carbocycles. The molecule has 0 aromatic heterocycles. The Morgan fingerprint density at radius 3 is 2.58 bits per heavy atom. The topological polar surface area (TPSA) is 138 Å². The lowest BCUT2D eigenvalue weighted by atomic mass is 9.95. The number of amidine groups is 1. The SMILES string of the molecule is N#C[C@@]12[C@@H](c3ccc([N+](=O)[O-])cc3)[C@]1(C#N)C(N)=N[C@@]21OCCS1. The van der Waals surface area contributed by atoms with Crippen molar-refractivity contribution in [3.05, 3.63) is 39.9 Å². The molecule has 8 nitrogen and oxygen atoms in total. The van der Waals surface area contributed by atoms with E-state index in [2.05, 4.69) is 17.1 Å². The Morgan fingerprint density at radius 2 is 2.08 bits per heavy atom. The van der Waals surface area contributed by atoms with Gasteiger partial charge in [-0.1, -0.05) is 23.9 Å². The number of ether oxygens (including phenoxy) is 1. The van der Waals surface area contributed by atoms with Gasteiger partial charge in [0, 0.05) is 23.8 Å². The van der Waals surface area contributed by atoms with Crippen LogP contribution in [-0.2, 0) is 4.74 Å². The van der Waals surface area contributed by atoms with Crippen LogP contribution in [0.4, 0.5) is 5.69 Å². The van der Waals surface area contributed by atoms with E-state index in [1.54, 1.807) is 12.1 Å². The molecule has 1 aromatic carbocycles. The summed E-state index contributed by atoms with van der Waals surface area (Å²) in [6.07, 6.45) is 0. The fourth-order valence-electron chi connectivity index (χ4n) is 4.01. The highest BCUT2D eigenvalue weighted by atomic mass is 32.2. The van der Waals surface area contributed by atoms with Crippen molar-refractivity contribution in [2.24, 2.45) is 21.6 Å². The fraction of sp³-hybridized carbons (Fsp3) is 0.400. The third kappa shape index (κ3) is 1.36. The summed E-state index contributed by atoms with van der Waals surface area (Å²) in [6.45, 7) is 0.430. The predicted molar refractivity (Wildman–Crippen MR) is 84.7 cm³/mol. The van der Waals surface area contributed by atoms with Gasteiger partial charge in [0.2, 0.25) is 5.06 Å². The molecular formula is C15H11N5O3S. The van der Waals surface area contributed by atoms with Crippen molar-refractivity contribution in [2.45, 2.75) is 11.0 Å². The molecule has 24 heavy (non-hydrogen) atoms. The van der Waals surface area contributed by atoms with Crippen LogP contribution in [-0.4, -0.2) is 28.2 Å². The fourth-order valence-corrected chi connectivity index (χ4v) is 5.33.